The van der Waals surface area contributed by atoms with Crippen LogP contribution in [-0.2, 0) is 0 Å². The van der Waals surface area contributed by atoms with Crippen molar-refractivity contribution in [2.45, 2.75) is 0 Å². The lowest BCUT2D eigenvalue weighted by atomic mass is 10.3. The average Bonchev–Trinajstić information content (AvgIpc) is 1.90. The molecule has 0 spiro atoms. The van der Waals surface area contributed by atoms with Gasteiger partial charge in [-0.15, -0.1) is 0 Å². The molecule has 0 saturated heterocycles. The summed E-state index contributed by atoms with van der Waals surface area (Å²) in [5.41, 5.74) is 1.16. The van der Waals surface area contributed by atoms with Gasteiger partial charge >= 0.3 is 0 Å². The third-order valence-electron chi connectivity index (χ3n) is 1.11. The fourth-order valence-electron chi connectivity index (χ4n) is 0.633. The van der Waals surface area contributed by atoms with E-state index >= 15 is 0 Å². The molecule has 1 rings (SSSR count). The summed E-state index contributed by atoms with van der Waals surface area (Å²) in [4.78, 5) is 0. The van der Waals surface area contributed by atoms with Crippen molar-refractivity contribution >= 4 is 21.8 Å². The van der Waals surface area contributed by atoms with Crippen LogP contribution in [0.5, 0.6) is 0 Å². The number of nitrogens with zero attached hydrogens (tertiary/aromatic N) is 1. The highest BCUT2D eigenvalue weighted by Gasteiger charge is 1.89. The van der Waals surface area contributed by atoms with E-state index in [-0.39, 0.29) is 0 Å². The number of hydrogen-bond acceptors (Lipinski definition) is 1. The van der Waals surface area contributed by atoms with Crippen molar-refractivity contribution in [1.82, 2.24) is 0 Å². The Hall–Kier alpha value is -0.500. The molecule has 0 bridgehead atoms. The minimum absolute atomic E-state index is 1.16. The summed E-state index contributed by atoms with van der Waals surface area (Å²) < 4.78 is 1.90. The van der Waals surface area contributed by atoms with Gasteiger partial charge in [-0.3, -0.25) is 0 Å². The number of halogens is 1. The standard InChI is InChI=1S/C7H8BrN/c1-9(8)7-5-3-2-4-6-7/h2-6H,1H3. The second-order valence-corrected chi connectivity index (χ2v) is 2.88. The summed E-state index contributed by atoms with van der Waals surface area (Å²) in [5.74, 6) is 0. The van der Waals surface area contributed by atoms with E-state index in [1.165, 1.54) is 0 Å². The van der Waals surface area contributed by atoms with Crippen LogP contribution < -0.4 is 3.93 Å². The largest absolute Gasteiger partial charge is 0.312 e. The normalized spacial score (nSPS) is 9.11. The van der Waals surface area contributed by atoms with E-state index in [0.717, 1.165) is 5.69 Å². The first-order chi connectivity index (χ1) is 4.30. The molecule has 2 heteroatoms. The molecule has 0 unspecified atom stereocenters. The van der Waals surface area contributed by atoms with Crippen LogP contribution in [0.2, 0.25) is 0 Å². The Morgan fingerprint density at radius 1 is 1.22 bits per heavy atom. The topological polar surface area (TPSA) is 3.24 Å². The molecule has 0 amide bonds. The molecule has 0 heterocycles. The van der Waals surface area contributed by atoms with E-state index in [1.54, 1.807) is 0 Å². The third-order valence-corrected chi connectivity index (χ3v) is 1.52. The van der Waals surface area contributed by atoms with E-state index in [1.807, 2.05) is 41.3 Å². The molecule has 9 heavy (non-hydrogen) atoms. The van der Waals surface area contributed by atoms with Gasteiger partial charge in [0.25, 0.3) is 0 Å². The molecule has 0 aliphatic heterocycles. The zero-order chi connectivity index (χ0) is 6.69. The molecular formula is C7H8BrN. The van der Waals surface area contributed by atoms with Crippen molar-refractivity contribution in [3.8, 4) is 0 Å². The maximum atomic E-state index is 3.32. The molecule has 0 N–H and O–H groups in total. The average molecular weight is 186 g/mol. The minimum atomic E-state index is 1.16. The van der Waals surface area contributed by atoms with Crippen LogP contribution in [0.25, 0.3) is 0 Å². The number of benzene rings is 1. The van der Waals surface area contributed by atoms with Crippen LogP contribution in [0.3, 0.4) is 0 Å². The maximum Gasteiger partial charge on any atom is 0.0493 e. The molecule has 0 atom stereocenters. The number of anilines is 1. The van der Waals surface area contributed by atoms with Crippen molar-refractivity contribution in [3.05, 3.63) is 30.3 Å². The van der Waals surface area contributed by atoms with Gasteiger partial charge in [0.1, 0.15) is 0 Å². The fourth-order valence-corrected chi connectivity index (χ4v) is 0.870. The third kappa shape index (κ3) is 1.72. The van der Waals surface area contributed by atoms with E-state index in [4.69, 9.17) is 0 Å². The van der Waals surface area contributed by atoms with Crippen molar-refractivity contribution < 1.29 is 0 Å². The Kier molecular flexibility index (Phi) is 2.11. The molecular weight excluding hydrogens is 178 g/mol. The number of hydrogen-bond donors (Lipinski definition) is 0. The second-order valence-electron chi connectivity index (χ2n) is 1.81. The lowest BCUT2D eigenvalue weighted by molar-refractivity contribution is 1.39. The van der Waals surface area contributed by atoms with Crippen LogP contribution in [0, 0.1) is 0 Å². The van der Waals surface area contributed by atoms with Gasteiger partial charge in [-0.25, -0.2) is 0 Å². The van der Waals surface area contributed by atoms with Crippen LogP contribution in [0.4, 0.5) is 5.69 Å². The van der Waals surface area contributed by atoms with E-state index < -0.39 is 0 Å². The molecule has 1 aromatic rings. The van der Waals surface area contributed by atoms with E-state index in [9.17, 15) is 0 Å². The van der Waals surface area contributed by atoms with Crippen LogP contribution in [0.1, 0.15) is 0 Å². The Morgan fingerprint density at radius 2 is 1.78 bits per heavy atom. The summed E-state index contributed by atoms with van der Waals surface area (Å²) >= 11 is 3.32. The number of para-hydroxylation sites is 1. The first-order valence-electron chi connectivity index (χ1n) is 2.75. The Balaban J connectivity index is 2.85. The fraction of sp³-hybridized carbons (Fsp3) is 0.143. The molecule has 0 aliphatic rings. The van der Waals surface area contributed by atoms with Gasteiger partial charge in [-0.1, -0.05) is 18.2 Å². The minimum Gasteiger partial charge on any atom is -0.312 e. The highest BCUT2D eigenvalue weighted by atomic mass is 79.9. The highest BCUT2D eigenvalue weighted by Crippen LogP contribution is 2.13. The Bertz CT molecular complexity index is 172. The predicted molar refractivity (Wildman–Crippen MR) is 43.8 cm³/mol. The van der Waals surface area contributed by atoms with Gasteiger partial charge in [-0.05, 0) is 12.1 Å². The lowest BCUT2D eigenvalue weighted by Crippen LogP contribution is -1.97. The molecule has 0 radical (unpaired) electrons. The Labute approximate surface area is 63.6 Å². The molecule has 48 valence electrons. The summed E-state index contributed by atoms with van der Waals surface area (Å²) in [6.07, 6.45) is 0. The van der Waals surface area contributed by atoms with E-state index in [2.05, 4.69) is 16.1 Å². The van der Waals surface area contributed by atoms with Crippen molar-refractivity contribution in [3.63, 3.8) is 0 Å². The molecule has 0 saturated carbocycles. The van der Waals surface area contributed by atoms with E-state index in [0.29, 0.717) is 0 Å². The van der Waals surface area contributed by atoms with Crippen LogP contribution in [0.15, 0.2) is 30.3 Å². The Morgan fingerprint density at radius 3 is 2.11 bits per heavy atom. The van der Waals surface area contributed by atoms with Gasteiger partial charge in [0.15, 0.2) is 0 Å². The molecule has 0 aromatic heterocycles. The zero-order valence-electron chi connectivity index (χ0n) is 5.21. The molecule has 1 nitrogen and oxygen atoms in total. The lowest BCUT2D eigenvalue weighted by Gasteiger charge is -2.07. The first-order valence-corrected chi connectivity index (χ1v) is 3.46. The van der Waals surface area contributed by atoms with Gasteiger partial charge in [0.05, 0.1) is 0 Å². The van der Waals surface area contributed by atoms with Crippen LogP contribution >= 0.6 is 16.1 Å². The summed E-state index contributed by atoms with van der Waals surface area (Å²) in [6.45, 7) is 0. The van der Waals surface area contributed by atoms with Crippen LogP contribution in [-0.4, -0.2) is 7.05 Å². The van der Waals surface area contributed by atoms with Crippen molar-refractivity contribution in [1.29, 1.82) is 0 Å². The van der Waals surface area contributed by atoms with Gasteiger partial charge in [0, 0.05) is 28.9 Å². The van der Waals surface area contributed by atoms with Gasteiger partial charge in [-0.2, -0.15) is 0 Å². The number of rotatable bonds is 1. The monoisotopic (exact) mass is 185 g/mol. The summed E-state index contributed by atoms with van der Waals surface area (Å²) in [7, 11) is 1.95. The smallest absolute Gasteiger partial charge is 0.0493 e. The molecule has 1 aromatic carbocycles. The highest BCUT2D eigenvalue weighted by molar-refractivity contribution is 9.10. The first kappa shape index (κ1) is 6.62. The van der Waals surface area contributed by atoms with Crippen molar-refractivity contribution in [2.24, 2.45) is 0 Å². The van der Waals surface area contributed by atoms with Crippen molar-refractivity contribution in [2.75, 3.05) is 11.0 Å². The quantitative estimate of drug-likeness (QED) is 0.608. The molecule has 0 fully saturated rings. The summed E-state index contributed by atoms with van der Waals surface area (Å²) in [5, 5.41) is 0. The SMILES string of the molecule is CN(Br)c1ccccc1. The van der Waals surface area contributed by atoms with Gasteiger partial charge < -0.3 is 3.93 Å². The molecule has 0 aliphatic carbocycles. The van der Waals surface area contributed by atoms with Gasteiger partial charge in [0.2, 0.25) is 0 Å². The maximum absolute atomic E-state index is 3.32. The zero-order valence-corrected chi connectivity index (χ0v) is 6.80. The summed E-state index contributed by atoms with van der Waals surface area (Å²) in [6, 6.07) is 10.1. The predicted octanol–water partition coefficient (Wildman–Crippen LogP) is 2.43. The second kappa shape index (κ2) is 2.87.